The predicted octanol–water partition coefficient (Wildman–Crippen LogP) is 2.50. The molecule has 0 amide bonds. The van der Waals surface area contributed by atoms with E-state index in [0.717, 1.165) is 38.5 Å². The van der Waals surface area contributed by atoms with E-state index in [4.69, 9.17) is 0 Å². The summed E-state index contributed by atoms with van der Waals surface area (Å²) in [7, 11) is 1.98. The average Bonchev–Trinajstić information content (AvgIpc) is 2.69. The summed E-state index contributed by atoms with van der Waals surface area (Å²) >= 11 is 0. The van der Waals surface area contributed by atoms with Gasteiger partial charge in [0.15, 0.2) is 0 Å². The number of carboxylic acids is 1. The van der Waals surface area contributed by atoms with Gasteiger partial charge in [0.25, 0.3) is 0 Å². The van der Waals surface area contributed by atoms with Gasteiger partial charge in [-0.15, -0.1) is 0 Å². The maximum atomic E-state index is 11.5. The van der Waals surface area contributed by atoms with E-state index in [0.29, 0.717) is 6.04 Å². The van der Waals surface area contributed by atoms with E-state index in [1.54, 1.807) is 0 Å². The van der Waals surface area contributed by atoms with E-state index in [2.05, 4.69) is 18.7 Å². The third kappa shape index (κ3) is 2.17. The number of rotatable bonds is 5. The van der Waals surface area contributed by atoms with Crippen molar-refractivity contribution in [2.45, 2.75) is 64.0 Å². The number of aliphatic carboxylic acids is 1. The Bertz CT molecular complexity index is 218. The second-order valence-corrected chi connectivity index (χ2v) is 4.63. The van der Waals surface area contributed by atoms with E-state index in [1.807, 2.05) is 7.05 Å². The van der Waals surface area contributed by atoms with Gasteiger partial charge in [0.2, 0.25) is 0 Å². The van der Waals surface area contributed by atoms with Crippen molar-refractivity contribution >= 4 is 5.97 Å². The van der Waals surface area contributed by atoms with Gasteiger partial charge in [-0.2, -0.15) is 0 Å². The lowest BCUT2D eigenvalue weighted by atomic mass is 9.92. The van der Waals surface area contributed by atoms with E-state index in [9.17, 15) is 9.90 Å². The Kier molecular flexibility index (Phi) is 4.14. The molecule has 1 aliphatic carbocycles. The molecule has 0 bridgehead atoms. The van der Waals surface area contributed by atoms with Crippen LogP contribution >= 0.6 is 0 Å². The first-order valence-corrected chi connectivity index (χ1v) is 6.04. The van der Waals surface area contributed by atoms with Gasteiger partial charge in [-0.05, 0) is 32.7 Å². The van der Waals surface area contributed by atoms with Crippen molar-refractivity contribution in [3.8, 4) is 0 Å². The molecule has 0 spiro atoms. The van der Waals surface area contributed by atoms with Crippen molar-refractivity contribution in [2.24, 2.45) is 0 Å². The number of likely N-dealkylation sites (N-methyl/N-ethyl adjacent to an activating group) is 1. The highest BCUT2D eigenvalue weighted by molar-refractivity contribution is 5.79. The van der Waals surface area contributed by atoms with Crippen LogP contribution in [0.4, 0.5) is 0 Å². The summed E-state index contributed by atoms with van der Waals surface area (Å²) in [6.07, 6.45) is 5.79. The van der Waals surface area contributed by atoms with E-state index >= 15 is 0 Å². The van der Waals surface area contributed by atoms with Crippen LogP contribution in [0.3, 0.4) is 0 Å². The SMILES string of the molecule is CCC(CC)N(C)C1(C(=O)O)CCCC1. The first kappa shape index (κ1) is 12.5. The van der Waals surface area contributed by atoms with E-state index < -0.39 is 11.5 Å². The Morgan fingerprint density at radius 2 is 1.80 bits per heavy atom. The Morgan fingerprint density at radius 1 is 1.33 bits per heavy atom. The maximum Gasteiger partial charge on any atom is 0.324 e. The number of nitrogens with zero attached hydrogens (tertiary/aromatic N) is 1. The number of hydrogen-bond donors (Lipinski definition) is 1. The van der Waals surface area contributed by atoms with Crippen LogP contribution in [-0.2, 0) is 4.79 Å². The molecule has 1 saturated carbocycles. The number of carboxylic acid groups (broad SMARTS) is 1. The van der Waals surface area contributed by atoms with E-state index in [-0.39, 0.29) is 0 Å². The van der Waals surface area contributed by atoms with Crippen molar-refractivity contribution in [3.05, 3.63) is 0 Å². The molecule has 0 radical (unpaired) electrons. The molecule has 3 heteroatoms. The summed E-state index contributed by atoms with van der Waals surface area (Å²) in [6.45, 7) is 4.27. The molecule has 1 N–H and O–H groups in total. The molecule has 0 unspecified atom stereocenters. The molecular formula is C12H23NO2. The number of hydrogen-bond acceptors (Lipinski definition) is 2. The summed E-state index contributed by atoms with van der Waals surface area (Å²) in [5.74, 6) is -0.630. The van der Waals surface area contributed by atoms with Crippen LogP contribution in [0.15, 0.2) is 0 Å². The van der Waals surface area contributed by atoms with Gasteiger partial charge < -0.3 is 5.11 Å². The molecule has 15 heavy (non-hydrogen) atoms. The zero-order chi connectivity index (χ0) is 11.5. The van der Waals surface area contributed by atoms with Crippen LogP contribution in [0.1, 0.15) is 52.4 Å². The lowest BCUT2D eigenvalue weighted by molar-refractivity contribution is -0.152. The highest BCUT2D eigenvalue weighted by Crippen LogP contribution is 2.36. The Hall–Kier alpha value is -0.570. The van der Waals surface area contributed by atoms with Crippen molar-refractivity contribution in [3.63, 3.8) is 0 Å². The van der Waals surface area contributed by atoms with Crippen LogP contribution in [0.5, 0.6) is 0 Å². The molecule has 1 rings (SSSR count). The van der Waals surface area contributed by atoms with Crippen molar-refractivity contribution < 1.29 is 9.90 Å². The molecule has 0 aromatic heterocycles. The summed E-state index contributed by atoms with van der Waals surface area (Å²) in [6, 6.07) is 0.402. The van der Waals surface area contributed by atoms with Gasteiger partial charge >= 0.3 is 5.97 Å². The highest BCUT2D eigenvalue weighted by Gasteiger charge is 2.46. The van der Waals surface area contributed by atoms with Crippen LogP contribution < -0.4 is 0 Å². The van der Waals surface area contributed by atoms with Gasteiger partial charge in [-0.3, -0.25) is 9.69 Å². The summed E-state index contributed by atoms with van der Waals surface area (Å²) < 4.78 is 0. The van der Waals surface area contributed by atoms with Gasteiger partial charge in [-0.1, -0.05) is 26.7 Å². The fraction of sp³-hybridized carbons (Fsp3) is 0.917. The van der Waals surface area contributed by atoms with Crippen molar-refractivity contribution in [1.29, 1.82) is 0 Å². The first-order valence-electron chi connectivity index (χ1n) is 6.04. The van der Waals surface area contributed by atoms with Crippen LogP contribution in [-0.4, -0.2) is 34.6 Å². The first-order chi connectivity index (χ1) is 7.08. The standard InChI is InChI=1S/C12H23NO2/c1-4-10(5-2)13(3)12(11(14)15)8-6-7-9-12/h10H,4-9H2,1-3H3,(H,14,15). The summed E-state index contributed by atoms with van der Waals surface area (Å²) in [5.41, 5.74) is -0.573. The zero-order valence-electron chi connectivity index (χ0n) is 10.1. The lowest BCUT2D eigenvalue weighted by Gasteiger charge is -2.40. The highest BCUT2D eigenvalue weighted by atomic mass is 16.4. The van der Waals surface area contributed by atoms with Gasteiger partial charge in [-0.25, -0.2) is 0 Å². The smallest absolute Gasteiger partial charge is 0.324 e. The fourth-order valence-electron chi connectivity index (χ4n) is 2.86. The summed E-state index contributed by atoms with van der Waals surface area (Å²) in [5, 5.41) is 9.43. The van der Waals surface area contributed by atoms with Gasteiger partial charge in [0.1, 0.15) is 5.54 Å². The van der Waals surface area contributed by atoms with Crippen LogP contribution in [0.2, 0.25) is 0 Å². The minimum Gasteiger partial charge on any atom is -0.480 e. The maximum absolute atomic E-state index is 11.5. The topological polar surface area (TPSA) is 40.5 Å². The molecule has 0 aromatic carbocycles. The Morgan fingerprint density at radius 3 is 2.13 bits per heavy atom. The average molecular weight is 213 g/mol. The monoisotopic (exact) mass is 213 g/mol. The molecule has 0 aromatic rings. The zero-order valence-corrected chi connectivity index (χ0v) is 10.1. The largest absolute Gasteiger partial charge is 0.480 e. The third-order valence-electron chi connectivity index (χ3n) is 3.99. The normalized spacial score (nSPS) is 20.1. The molecule has 1 fully saturated rings. The van der Waals surface area contributed by atoms with E-state index in [1.165, 1.54) is 0 Å². The molecule has 3 nitrogen and oxygen atoms in total. The molecule has 0 saturated heterocycles. The fourth-order valence-corrected chi connectivity index (χ4v) is 2.86. The summed E-state index contributed by atoms with van der Waals surface area (Å²) in [4.78, 5) is 13.6. The molecule has 0 heterocycles. The minimum absolute atomic E-state index is 0.402. The second kappa shape index (κ2) is 4.97. The predicted molar refractivity (Wildman–Crippen MR) is 61.0 cm³/mol. The molecule has 88 valence electrons. The minimum atomic E-state index is -0.630. The molecule has 1 aliphatic rings. The third-order valence-corrected chi connectivity index (χ3v) is 3.99. The molecule has 0 aliphatic heterocycles. The van der Waals surface area contributed by atoms with Crippen molar-refractivity contribution in [1.82, 2.24) is 4.90 Å². The van der Waals surface area contributed by atoms with Gasteiger partial charge in [0.05, 0.1) is 0 Å². The second-order valence-electron chi connectivity index (χ2n) is 4.63. The van der Waals surface area contributed by atoms with Crippen LogP contribution in [0, 0.1) is 0 Å². The van der Waals surface area contributed by atoms with Gasteiger partial charge in [0, 0.05) is 6.04 Å². The van der Waals surface area contributed by atoms with Crippen LogP contribution in [0.25, 0.3) is 0 Å². The molecular weight excluding hydrogens is 190 g/mol. The quantitative estimate of drug-likeness (QED) is 0.763. The lowest BCUT2D eigenvalue weighted by Crippen LogP contribution is -2.54. The molecule has 0 atom stereocenters. The Labute approximate surface area is 92.5 Å². The Balaban J connectivity index is 2.84. The number of carbonyl (C=O) groups is 1. The van der Waals surface area contributed by atoms with Crippen molar-refractivity contribution in [2.75, 3.05) is 7.05 Å².